The first-order chi connectivity index (χ1) is 11.0. The quantitative estimate of drug-likeness (QED) is 0.799. The lowest BCUT2D eigenvalue weighted by atomic mass is 10.1. The van der Waals surface area contributed by atoms with Crippen molar-refractivity contribution in [1.29, 1.82) is 0 Å². The first-order valence-electron chi connectivity index (χ1n) is 7.53. The molecule has 0 saturated carbocycles. The third kappa shape index (κ3) is 4.16. The monoisotopic (exact) mass is 314 g/mol. The van der Waals surface area contributed by atoms with Crippen LogP contribution in [0.4, 0.5) is 11.4 Å². The smallest absolute Gasteiger partial charge is 0.255 e. The highest BCUT2D eigenvalue weighted by Gasteiger charge is 2.12. The maximum Gasteiger partial charge on any atom is 0.255 e. The number of carbonyl (C=O) groups excluding carboxylic acids is 1. The topological polar surface area (TPSA) is 73.6 Å². The Labute approximate surface area is 136 Å². The van der Waals surface area contributed by atoms with Gasteiger partial charge < -0.3 is 20.5 Å². The van der Waals surface area contributed by atoms with Crippen LogP contribution in [0.1, 0.15) is 29.3 Å². The van der Waals surface area contributed by atoms with E-state index in [9.17, 15) is 4.79 Å². The van der Waals surface area contributed by atoms with Crippen LogP contribution in [-0.4, -0.2) is 19.6 Å². The van der Waals surface area contributed by atoms with E-state index in [4.69, 9.17) is 15.2 Å². The van der Waals surface area contributed by atoms with Crippen molar-refractivity contribution >= 4 is 17.3 Å². The second-order valence-electron chi connectivity index (χ2n) is 5.26. The molecular weight excluding hydrogens is 292 g/mol. The van der Waals surface area contributed by atoms with Gasteiger partial charge in [0.1, 0.15) is 11.5 Å². The number of rotatable bonds is 6. The number of hydrogen-bond acceptors (Lipinski definition) is 4. The number of ether oxygens (including phenoxy) is 2. The maximum atomic E-state index is 12.4. The minimum absolute atomic E-state index is 0.248. The molecule has 0 spiro atoms. The van der Waals surface area contributed by atoms with Crippen LogP contribution in [-0.2, 0) is 0 Å². The molecule has 0 bridgehead atoms. The minimum Gasteiger partial charge on any atom is -0.495 e. The summed E-state index contributed by atoms with van der Waals surface area (Å²) in [5.74, 6) is 0.957. The number of carbonyl (C=O) groups is 1. The van der Waals surface area contributed by atoms with Crippen LogP contribution in [0, 0.1) is 6.92 Å². The Hall–Kier alpha value is -2.69. The zero-order chi connectivity index (χ0) is 16.8. The zero-order valence-electron chi connectivity index (χ0n) is 13.7. The molecule has 5 heteroatoms. The first-order valence-corrected chi connectivity index (χ1v) is 7.53. The fourth-order valence-corrected chi connectivity index (χ4v) is 2.15. The van der Waals surface area contributed by atoms with Crippen molar-refractivity contribution in [2.24, 2.45) is 0 Å². The van der Waals surface area contributed by atoms with Crippen molar-refractivity contribution in [3.05, 3.63) is 47.5 Å². The van der Waals surface area contributed by atoms with Gasteiger partial charge in [0, 0.05) is 5.56 Å². The Balaban J connectivity index is 2.18. The molecule has 2 rings (SSSR count). The Morgan fingerprint density at radius 3 is 2.57 bits per heavy atom. The van der Waals surface area contributed by atoms with Crippen LogP contribution in [0.5, 0.6) is 11.5 Å². The summed E-state index contributed by atoms with van der Waals surface area (Å²) >= 11 is 0. The van der Waals surface area contributed by atoms with Gasteiger partial charge in [0.2, 0.25) is 0 Å². The Morgan fingerprint density at radius 1 is 1.17 bits per heavy atom. The first kappa shape index (κ1) is 16.7. The van der Waals surface area contributed by atoms with E-state index in [1.54, 1.807) is 25.3 Å². The van der Waals surface area contributed by atoms with E-state index < -0.39 is 0 Å². The third-order valence-corrected chi connectivity index (χ3v) is 3.34. The SMILES string of the molecule is CCCOc1ccc(C(=O)Nc2cc(C)ccc2OC)cc1N. The lowest BCUT2D eigenvalue weighted by Crippen LogP contribution is -2.13. The summed E-state index contributed by atoms with van der Waals surface area (Å²) in [6.07, 6.45) is 0.898. The molecule has 0 saturated heterocycles. The highest BCUT2D eigenvalue weighted by Crippen LogP contribution is 2.27. The van der Waals surface area contributed by atoms with Gasteiger partial charge in [-0.1, -0.05) is 13.0 Å². The lowest BCUT2D eigenvalue weighted by molar-refractivity contribution is 0.102. The van der Waals surface area contributed by atoms with Crippen LogP contribution in [0.3, 0.4) is 0 Å². The third-order valence-electron chi connectivity index (χ3n) is 3.34. The second kappa shape index (κ2) is 7.54. The van der Waals surface area contributed by atoms with E-state index in [1.807, 2.05) is 32.0 Å². The molecule has 0 aliphatic carbocycles. The Kier molecular flexibility index (Phi) is 5.46. The van der Waals surface area contributed by atoms with E-state index in [-0.39, 0.29) is 5.91 Å². The number of amides is 1. The zero-order valence-corrected chi connectivity index (χ0v) is 13.7. The number of nitrogen functional groups attached to an aromatic ring is 1. The number of benzene rings is 2. The molecule has 0 atom stereocenters. The summed E-state index contributed by atoms with van der Waals surface area (Å²) in [6.45, 7) is 4.57. The van der Waals surface area contributed by atoms with Crippen LogP contribution in [0.2, 0.25) is 0 Å². The normalized spacial score (nSPS) is 10.2. The predicted octanol–water partition coefficient (Wildman–Crippen LogP) is 3.63. The lowest BCUT2D eigenvalue weighted by Gasteiger charge is -2.12. The summed E-state index contributed by atoms with van der Waals surface area (Å²) in [5.41, 5.74) is 8.52. The Bertz CT molecular complexity index is 699. The van der Waals surface area contributed by atoms with Crippen molar-refractivity contribution in [2.75, 3.05) is 24.8 Å². The molecular formula is C18H22N2O3. The standard InChI is InChI=1S/C18H22N2O3/c1-4-9-23-16-8-6-13(11-14(16)19)18(21)20-15-10-12(2)5-7-17(15)22-3/h5-8,10-11H,4,9,19H2,1-3H3,(H,20,21). The van der Waals surface area contributed by atoms with Crippen molar-refractivity contribution in [2.45, 2.75) is 20.3 Å². The summed E-state index contributed by atoms with van der Waals surface area (Å²) in [4.78, 5) is 12.4. The molecule has 2 aromatic rings. The molecule has 0 radical (unpaired) electrons. The van der Waals surface area contributed by atoms with Gasteiger partial charge in [-0.05, 0) is 49.2 Å². The second-order valence-corrected chi connectivity index (χ2v) is 5.26. The predicted molar refractivity (Wildman–Crippen MR) is 92.3 cm³/mol. The van der Waals surface area contributed by atoms with Gasteiger partial charge in [-0.3, -0.25) is 4.79 Å². The molecule has 23 heavy (non-hydrogen) atoms. The fraction of sp³-hybridized carbons (Fsp3) is 0.278. The molecule has 3 N–H and O–H groups in total. The van der Waals surface area contributed by atoms with Gasteiger partial charge in [0.05, 0.1) is 25.1 Å². The molecule has 122 valence electrons. The molecule has 0 fully saturated rings. The van der Waals surface area contributed by atoms with Crippen molar-refractivity contribution < 1.29 is 14.3 Å². The fourth-order valence-electron chi connectivity index (χ4n) is 2.15. The number of anilines is 2. The number of methoxy groups -OCH3 is 1. The van der Waals surface area contributed by atoms with Crippen molar-refractivity contribution in [3.8, 4) is 11.5 Å². The molecule has 1 amide bonds. The van der Waals surface area contributed by atoms with E-state index in [0.29, 0.717) is 35.0 Å². The number of nitrogens with two attached hydrogens (primary N) is 1. The molecule has 0 aliphatic rings. The molecule has 5 nitrogen and oxygen atoms in total. The van der Waals surface area contributed by atoms with Crippen molar-refractivity contribution in [1.82, 2.24) is 0 Å². The van der Waals surface area contributed by atoms with Gasteiger partial charge in [-0.15, -0.1) is 0 Å². The molecule has 0 aliphatic heterocycles. The van der Waals surface area contributed by atoms with Gasteiger partial charge in [-0.2, -0.15) is 0 Å². The van der Waals surface area contributed by atoms with E-state index in [0.717, 1.165) is 12.0 Å². The molecule has 0 heterocycles. The summed E-state index contributed by atoms with van der Waals surface area (Å²) in [5, 5.41) is 2.85. The van der Waals surface area contributed by atoms with Crippen molar-refractivity contribution in [3.63, 3.8) is 0 Å². The van der Waals surface area contributed by atoms with E-state index >= 15 is 0 Å². The average Bonchev–Trinajstić information content (AvgIpc) is 2.54. The molecule has 0 unspecified atom stereocenters. The van der Waals surface area contributed by atoms with Gasteiger partial charge in [0.15, 0.2) is 0 Å². The maximum absolute atomic E-state index is 12.4. The van der Waals surface area contributed by atoms with E-state index in [2.05, 4.69) is 5.32 Å². The van der Waals surface area contributed by atoms with E-state index in [1.165, 1.54) is 0 Å². The molecule has 0 aromatic heterocycles. The largest absolute Gasteiger partial charge is 0.495 e. The summed E-state index contributed by atoms with van der Waals surface area (Å²) in [6, 6.07) is 10.6. The van der Waals surface area contributed by atoms with Gasteiger partial charge in [-0.25, -0.2) is 0 Å². The molecule has 2 aromatic carbocycles. The number of nitrogens with one attached hydrogen (secondary N) is 1. The summed E-state index contributed by atoms with van der Waals surface area (Å²) < 4.78 is 10.8. The highest BCUT2D eigenvalue weighted by atomic mass is 16.5. The van der Waals surface area contributed by atoms with Crippen LogP contribution < -0.4 is 20.5 Å². The average molecular weight is 314 g/mol. The van der Waals surface area contributed by atoms with Gasteiger partial charge in [0.25, 0.3) is 5.91 Å². The van der Waals surface area contributed by atoms with Crippen LogP contribution in [0.25, 0.3) is 0 Å². The Morgan fingerprint density at radius 2 is 1.91 bits per heavy atom. The number of hydrogen-bond donors (Lipinski definition) is 2. The van der Waals surface area contributed by atoms with Crippen LogP contribution in [0.15, 0.2) is 36.4 Å². The van der Waals surface area contributed by atoms with Gasteiger partial charge >= 0.3 is 0 Å². The minimum atomic E-state index is -0.248. The highest BCUT2D eigenvalue weighted by molar-refractivity contribution is 6.05. The summed E-state index contributed by atoms with van der Waals surface area (Å²) in [7, 11) is 1.57. The number of aryl methyl sites for hydroxylation is 1. The van der Waals surface area contributed by atoms with Crippen LogP contribution >= 0.6 is 0 Å².